The van der Waals surface area contributed by atoms with Crippen molar-refractivity contribution in [2.24, 2.45) is 0 Å². The number of ether oxygens (including phenoxy) is 1. The second kappa shape index (κ2) is 6.29. The Balaban J connectivity index is 2.42. The number of nitrogens with zero attached hydrogens (tertiary/aromatic N) is 3. The fourth-order valence-electron chi connectivity index (χ4n) is 1.42. The van der Waals surface area contributed by atoms with Crippen LogP contribution in [0.4, 0.5) is 5.95 Å². The van der Waals surface area contributed by atoms with Gasteiger partial charge in [-0.2, -0.15) is 26.3 Å². The third-order valence-electron chi connectivity index (χ3n) is 2.15. The van der Waals surface area contributed by atoms with Crippen LogP contribution in [0, 0.1) is 0 Å². The first kappa shape index (κ1) is 14.2. The van der Waals surface area contributed by atoms with E-state index in [0.29, 0.717) is 17.8 Å². The summed E-state index contributed by atoms with van der Waals surface area (Å²) in [4.78, 5) is 13.0. The minimum absolute atomic E-state index is 0.0237. The van der Waals surface area contributed by atoms with Gasteiger partial charge in [-0.1, -0.05) is 0 Å². The van der Waals surface area contributed by atoms with E-state index in [0.717, 1.165) is 16.6 Å². The Morgan fingerprint density at radius 2 is 2.11 bits per heavy atom. The number of hydrogen-bond acceptors (Lipinski definition) is 6. The molecule has 2 rings (SSSR count). The molecule has 0 saturated heterocycles. The summed E-state index contributed by atoms with van der Waals surface area (Å²) in [6.45, 7) is 6.62. The molecule has 5 nitrogen and oxygen atoms in total. The van der Waals surface area contributed by atoms with E-state index >= 15 is 0 Å². The fraction of sp³-hybridized carbons (Fsp3) is 0.417. The van der Waals surface area contributed by atoms with Gasteiger partial charge < -0.3 is 10.1 Å². The molecule has 0 aliphatic rings. The molecule has 0 bridgehead atoms. The van der Waals surface area contributed by atoms with E-state index in [1.165, 1.54) is 0 Å². The van der Waals surface area contributed by atoms with Crippen LogP contribution in [0.15, 0.2) is 15.2 Å². The number of nitrogens with one attached hydrogen (secondary N) is 1. The number of aromatic nitrogens is 3. The molecule has 0 aromatic carbocycles. The molecule has 2 heterocycles. The molecular formula is C12H15BrN4OS. The Morgan fingerprint density at radius 3 is 2.68 bits per heavy atom. The SMILES string of the molecule is CCNc1nc(OC(C)C)nc(-c2cscc2Br)n1. The van der Waals surface area contributed by atoms with Crippen molar-refractivity contribution < 1.29 is 4.74 Å². The smallest absolute Gasteiger partial charge is 0.322 e. The Labute approximate surface area is 124 Å². The third-order valence-corrected chi connectivity index (χ3v) is 3.85. The van der Waals surface area contributed by atoms with E-state index in [2.05, 4.69) is 36.2 Å². The van der Waals surface area contributed by atoms with E-state index in [1.807, 2.05) is 31.5 Å². The lowest BCUT2D eigenvalue weighted by molar-refractivity contribution is 0.222. The summed E-state index contributed by atoms with van der Waals surface area (Å²) < 4.78 is 6.54. The van der Waals surface area contributed by atoms with Gasteiger partial charge in [0.15, 0.2) is 5.82 Å². The third kappa shape index (κ3) is 3.63. The molecule has 0 saturated carbocycles. The van der Waals surface area contributed by atoms with Crippen molar-refractivity contribution in [3.05, 3.63) is 15.2 Å². The average molecular weight is 343 g/mol. The van der Waals surface area contributed by atoms with Crippen molar-refractivity contribution in [1.29, 1.82) is 0 Å². The van der Waals surface area contributed by atoms with Gasteiger partial charge >= 0.3 is 6.01 Å². The number of rotatable bonds is 5. The van der Waals surface area contributed by atoms with Crippen molar-refractivity contribution in [1.82, 2.24) is 15.0 Å². The molecule has 0 spiro atoms. The monoisotopic (exact) mass is 342 g/mol. The van der Waals surface area contributed by atoms with Crippen molar-refractivity contribution in [2.45, 2.75) is 26.9 Å². The quantitative estimate of drug-likeness (QED) is 0.899. The zero-order valence-electron chi connectivity index (χ0n) is 11.0. The summed E-state index contributed by atoms with van der Waals surface area (Å²) in [6.07, 6.45) is 0.0237. The van der Waals surface area contributed by atoms with Gasteiger partial charge in [0, 0.05) is 27.3 Å². The minimum Gasteiger partial charge on any atom is -0.461 e. The van der Waals surface area contributed by atoms with Crippen LogP contribution in [-0.4, -0.2) is 27.6 Å². The number of hydrogen-bond donors (Lipinski definition) is 1. The maximum atomic E-state index is 5.57. The summed E-state index contributed by atoms with van der Waals surface area (Å²) in [5, 5.41) is 7.08. The molecule has 0 aliphatic carbocycles. The standard InChI is InChI=1S/C12H15BrN4OS/c1-4-14-11-15-10(8-5-19-6-9(8)13)16-12(17-11)18-7(2)3/h5-7H,4H2,1-3H3,(H,14,15,16,17). The molecule has 0 radical (unpaired) electrons. The van der Waals surface area contributed by atoms with Crippen LogP contribution in [0.3, 0.4) is 0 Å². The summed E-state index contributed by atoms with van der Waals surface area (Å²) in [6, 6.07) is 0.342. The predicted octanol–water partition coefficient (Wildman–Crippen LogP) is 3.58. The topological polar surface area (TPSA) is 59.9 Å². The van der Waals surface area contributed by atoms with Crippen molar-refractivity contribution >= 4 is 33.2 Å². The molecule has 0 atom stereocenters. The highest BCUT2D eigenvalue weighted by atomic mass is 79.9. The van der Waals surface area contributed by atoms with Gasteiger partial charge in [-0.25, -0.2) is 0 Å². The van der Waals surface area contributed by atoms with Gasteiger partial charge in [0.1, 0.15) is 0 Å². The van der Waals surface area contributed by atoms with Crippen LogP contribution < -0.4 is 10.1 Å². The highest BCUT2D eigenvalue weighted by Gasteiger charge is 2.13. The van der Waals surface area contributed by atoms with Crippen LogP contribution in [-0.2, 0) is 0 Å². The van der Waals surface area contributed by atoms with Crippen LogP contribution >= 0.6 is 27.3 Å². The minimum atomic E-state index is 0.0237. The zero-order chi connectivity index (χ0) is 13.8. The number of anilines is 1. The molecule has 102 valence electrons. The first-order chi connectivity index (χ1) is 9.10. The van der Waals surface area contributed by atoms with Gasteiger partial charge in [0.2, 0.25) is 5.95 Å². The fourth-order valence-corrected chi connectivity index (χ4v) is 2.87. The largest absolute Gasteiger partial charge is 0.461 e. The number of halogens is 1. The predicted molar refractivity (Wildman–Crippen MR) is 80.8 cm³/mol. The molecular weight excluding hydrogens is 328 g/mol. The Morgan fingerprint density at radius 1 is 1.32 bits per heavy atom. The average Bonchev–Trinajstić information content (AvgIpc) is 2.74. The Kier molecular flexibility index (Phi) is 4.71. The Hall–Kier alpha value is -1.21. The van der Waals surface area contributed by atoms with Crippen LogP contribution in [0.5, 0.6) is 6.01 Å². The maximum Gasteiger partial charge on any atom is 0.322 e. The molecule has 2 aromatic heterocycles. The lowest BCUT2D eigenvalue weighted by atomic mass is 10.3. The van der Waals surface area contributed by atoms with E-state index in [1.54, 1.807) is 11.3 Å². The second-order valence-electron chi connectivity index (χ2n) is 4.10. The zero-order valence-corrected chi connectivity index (χ0v) is 13.4. The molecule has 1 N–H and O–H groups in total. The first-order valence-corrected chi connectivity index (χ1v) is 7.72. The normalized spacial score (nSPS) is 10.8. The number of thiophene rings is 1. The van der Waals surface area contributed by atoms with Crippen molar-refractivity contribution in [2.75, 3.05) is 11.9 Å². The van der Waals surface area contributed by atoms with E-state index in [4.69, 9.17) is 4.74 Å². The molecule has 0 fully saturated rings. The lowest BCUT2D eigenvalue weighted by Gasteiger charge is -2.10. The highest BCUT2D eigenvalue weighted by Crippen LogP contribution is 2.30. The van der Waals surface area contributed by atoms with Gasteiger partial charge in [0.05, 0.1) is 6.10 Å². The van der Waals surface area contributed by atoms with Gasteiger partial charge in [-0.15, -0.1) is 0 Å². The Bertz CT molecular complexity index is 558. The van der Waals surface area contributed by atoms with E-state index in [9.17, 15) is 0 Å². The lowest BCUT2D eigenvalue weighted by Crippen LogP contribution is -2.12. The first-order valence-electron chi connectivity index (χ1n) is 5.98. The summed E-state index contributed by atoms with van der Waals surface area (Å²) >= 11 is 5.08. The molecule has 0 aliphatic heterocycles. The molecule has 2 aromatic rings. The van der Waals surface area contributed by atoms with Crippen molar-refractivity contribution in [3.63, 3.8) is 0 Å². The maximum absolute atomic E-state index is 5.57. The molecule has 19 heavy (non-hydrogen) atoms. The summed E-state index contributed by atoms with van der Waals surface area (Å²) in [5.74, 6) is 1.14. The second-order valence-corrected chi connectivity index (χ2v) is 5.69. The molecule has 7 heteroatoms. The van der Waals surface area contributed by atoms with Crippen LogP contribution in [0.2, 0.25) is 0 Å². The van der Waals surface area contributed by atoms with Crippen molar-refractivity contribution in [3.8, 4) is 17.4 Å². The molecule has 0 unspecified atom stereocenters. The molecule has 0 amide bonds. The highest BCUT2D eigenvalue weighted by molar-refractivity contribution is 9.10. The van der Waals surface area contributed by atoms with Crippen LogP contribution in [0.25, 0.3) is 11.4 Å². The van der Waals surface area contributed by atoms with Gasteiger partial charge in [0.25, 0.3) is 0 Å². The van der Waals surface area contributed by atoms with E-state index < -0.39 is 0 Å². The summed E-state index contributed by atoms with van der Waals surface area (Å²) in [5.41, 5.74) is 0.945. The van der Waals surface area contributed by atoms with Crippen LogP contribution in [0.1, 0.15) is 20.8 Å². The van der Waals surface area contributed by atoms with E-state index in [-0.39, 0.29) is 6.10 Å². The van der Waals surface area contributed by atoms with Gasteiger partial charge in [-0.3, -0.25) is 0 Å². The van der Waals surface area contributed by atoms with Gasteiger partial charge in [-0.05, 0) is 36.7 Å². The summed E-state index contributed by atoms with van der Waals surface area (Å²) in [7, 11) is 0.